The van der Waals surface area contributed by atoms with Gasteiger partial charge in [0.05, 0.1) is 0 Å². The van der Waals surface area contributed by atoms with E-state index >= 15 is 0 Å². The average molecular weight is 236 g/mol. The van der Waals surface area contributed by atoms with E-state index in [2.05, 4.69) is 16.1 Å². The number of hydrogen-bond donors (Lipinski definition) is 0. The molecule has 0 aliphatic rings. The fourth-order valence-electron chi connectivity index (χ4n) is 1.05. The normalized spacial score (nSPS) is 10.6. The second-order valence-corrected chi connectivity index (χ2v) is 2.70. The molecule has 0 atom stereocenters. The molecular formula is C10H8F4O2. The maximum absolute atomic E-state index is 11.9. The molecule has 0 saturated carbocycles. The molecule has 1 aromatic carbocycles. The molecule has 0 aromatic heterocycles. The van der Waals surface area contributed by atoms with Gasteiger partial charge in [0.25, 0.3) is 0 Å². The predicted molar refractivity (Wildman–Crippen MR) is 49.8 cm³/mol. The molecule has 2 nitrogen and oxygen atoms in total. The van der Waals surface area contributed by atoms with Crippen molar-refractivity contribution in [2.24, 2.45) is 0 Å². The van der Waals surface area contributed by atoms with Gasteiger partial charge in [-0.05, 0) is 17.7 Å². The van der Waals surface area contributed by atoms with E-state index in [0.29, 0.717) is 5.56 Å². The van der Waals surface area contributed by atoms with Crippen LogP contribution in [0, 0.1) is 0 Å². The zero-order valence-electron chi connectivity index (χ0n) is 8.00. The molecule has 1 aromatic rings. The summed E-state index contributed by atoms with van der Waals surface area (Å²) in [5.41, 5.74) is 0.341. The van der Waals surface area contributed by atoms with Crippen molar-refractivity contribution >= 4 is 6.08 Å². The molecule has 0 bridgehead atoms. The van der Waals surface area contributed by atoms with Gasteiger partial charge in [-0.15, -0.1) is 0 Å². The first-order chi connectivity index (χ1) is 7.51. The summed E-state index contributed by atoms with van der Waals surface area (Å²) >= 11 is 0. The van der Waals surface area contributed by atoms with Crippen LogP contribution in [0.1, 0.15) is 5.56 Å². The van der Waals surface area contributed by atoms with Gasteiger partial charge in [-0.25, -0.2) is 0 Å². The molecule has 0 saturated heterocycles. The van der Waals surface area contributed by atoms with E-state index < -0.39 is 13.2 Å². The topological polar surface area (TPSA) is 18.5 Å². The molecule has 0 fully saturated rings. The lowest BCUT2D eigenvalue weighted by Crippen LogP contribution is -2.05. The van der Waals surface area contributed by atoms with Crippen molar-refractivity contribution in [3.8, 4) is 11.5 Å². The Bertz CT molecular complexity index is 338. The van der Waals surface area contributed by atoms with Gasteiger partial charge >= 0.3 is 13.2 Å². The van der Waals surface area contributed by atoms with Gasteiger partial charge in [-0.3, -0.25) is 0 Å². The molecule has 0 amide bonds. The first-order valence-corrected chi connectivity index (χ1v) is 4.18. The van der Waals surface area contributed by atoms with Gasteiger partial charge in [0.15, 0.2) is 0 Å². The third kappa shape index (κ3) is 3.80. The number of ether oxygens (including phenoxy) is 2. The van der Waals surface area contributed by atoms with Gasteiger partial charge in [-0.2, -0.15) is 17.6 Å². The standard InChI is InChI=1S/C10H8F4O2/c1-2-6-3-7(15-9(11)12)5-8(4-6)16-10(13)14/h2-5,9-10H,1H2. The van der Waals surface area contributed by atoms with Crippen LogP contribution in [-0.4, -0.2) is 13.2 Å². The summed E-state index contributed by atoms with van der Waals surface area (Å²) in [6.45, 7) is -2.67. The molecule has 0 heterocycles. The van der Waals surface area contributed by atoms with Gasteiger partial charge < -0.3 is 9.47 Å². The summed E-state index contributed by atoms with van der Waals surface area (Å²) in [6, 6.07) is 3.42. The summed E-state index contributed by atoms with van der Waals surface area (Å²) < 4.78 is 55.8. The van der Waals surface area contributed by atoms with Crippen LogP contribution in [0.15, 0.2) is 24.8 Å². The van der Waals surface area contributed by atoms with E-state index in [1.807, 2.05) is 0 Å². The van der Waals surface area contributed by atoms with Crippen LogP contribution in [0.25, 0.3) is 6.08 Å². The quantitative estimate of drug-likeness (QED) is 0.728. The number of hydrogen-bond acceptors (Lipinski definition) is 2. The summed E-state index contributed by atoms with van der Waals surface area (Å²) in [5, 5.41) is 0. The van der Waals surface area contributed by atoms with Gasteiger partial charge in [0.2, 0.25) is 0 Å². The monoisotopic (exact) mass is 236 g/mol. The maximum Gasteiger partial charge on any atom is 0.387 e. The highest BCUT2D eigenvalue weighted by Gasteiger charge is 2.10. The van der Waals surface area contributed by atoms with E-state index in [-0.39, 0.29) is 11.5 Å². The molecule has 0 N–H and O–H groups in total. The van der Waals surface area contributed by atoms with Crippen LogP contribution in [0.4, 0.5) is 17.6 Å². The van der Waals surface area contributed by atoms with Crippen LogP contribution < -0.4 is 9.47 Å². The molecule has 0 radical (unpaired) electrons. The van der Waals surface area contributed by atoms with Crippen molar-refractivity contribution in [1.82, 2.24) is 0 Å². The summed E-state index contributed by atoms with van der Waals surface area (Å²) in [5.74, 6) is -0.522. The summed E-state index contributed by atoms with van der Waals surface area (Å²) in [7, 11) is 0. The number of benzene rings is 1. The zero-order valence-corrected chi connectivity index (χ0v) is 8.00. The Labute approximate surface area is 89.1 Å². The smallest absolute Gasteiger partial charge is 0.387 e. The molecule has 6 heteroatoms. The van der Waals surface area contributed by atoms with Crippen molar-refractivity contribution in [2.75, 3.05) is 0 Å². The Kier molecular flexibility index (Phi) is 4.16. The highest BCUT2D eigenvalue weighted by Crippen LogP contribution is 2.26. The molecule has 0 unspecified atom stereocenters. The Balaban J connectivity index is 2.95. The van der Waals surface area contributed by atoms with E-state index in [4.69, 9.17) is 0 Å². The number of alkyl halides is 4. The molecule has 1 rings (SSSR count). The average Bonchev–Trinajstić information content (AvgIpc) is 2.14. The van der Waals surface area contributed by atoms with Crippen LogP contribution >= 0.6 is 0 Å². The van der Waals surface area contributed by atoms with Crippen LogP contribution in [0.5, 0.6) is 11.5 Å². The number of halogens is 4. The maximum atomic E-state index is 11.9. The van der Waals surface area contributed by atoms with Gasteiger partial charge in [-0.1, -0.05) is 12.7 Å². The molecule has 0 aliphatic heterocycles. The lowest BCUT2D eigenvalue weighted by molar-refractivity contribution is -0.0542. The lowest BCUT2D eigenvalue weighted by atomic mass is 10.2. The van der Waals surface area contributed by atoms with Crippen molar-refractivity contribution in [2.45, 2.75) is 13.2 Å². The minimum Gasteiger partial charge on any atom is -0.435 e. The van der Waals surface area contributed by atoms with Crippen molar-refractivity contribution in [3.05, 3.63) is 30.3 Å². The Morgan fingerprint density at radius 2 is 1.38 bits per heavy atom. The van der Waals surface area contributed by atoms with Crippen molar-refractivity contribution in [1.29, 1.82) is 0 Å². The van der Waals surface area contributed by atoms with E-state index in [1.54, 1.807) is 0 Å². The fourth-order valence-corrected chi connectivity index (χ4v) is 1.05. The van der Waals surface area contributed by atoms with E-state index in [9.17, 15) is 17.6 Å². The first-order valence-electron chi connectivity index (χ1n) is 4.18. The fraction of sp³-hybridized carbons (Fsp3) is 0.200. The SMILES string of the molecule is C=Cc1cc(OC(F)F)cc(OC(F)F)c1. The minimum atomic E-state index is -3.03. The Morgan fingerprint density at radius 3 is 1.69 bits per heavy atom. The second kappa shape index (κ2) is 5.39. The highest BCUT2D eigenvalue weighted by atomic mass is 19.3. The van der Waals surface area contributed by atoms with Crippen molar-refractivity contribution in [3.63, 3.8) is 0 Å². The van der Waals surface area contributed by atoms with Crippen LogP contribution in [0.2, 0.25) is 0 Å². The molecule has 88 valence electrons. The predicted octanol–water partition coefficient (Wildman–Crippen LogP) is 3.53. The third-order valence-corrected chi connectivity index (χ3v) is 1.59. The van der Waals surface area contributed by atoms with Crippen molar-refractivity contribution < 1.29 is 27.0 Å². The Hall–Kier alpha value is -1.72. The molecule has 16 heavy (non-hydrogen) atoms. The number of rotatable bonds is 5. The largest absolute Gasteiger partial charge is 0.435 e. The second-order valence-electron chi connectivity index (χ2n) is 2.70. The first kappa shape index (κ1) is 12.4. The van der Waals surface area contributed by atoms with Crippen LogP contribution in [-0.2, 0) is 0 Å². The summed E-state index contributed by atoms with van der Waals surface area (Å²) in [4.78, 5) is 0. The van der Waals surface area contributed by atoms with E-state index in [0.717, 1.165) is 6.07 Å². The van der Waals surface area contributed by atoms with Crippen LogP contribution in [0.3, 0.4) is 0 Å². The molecular weight excluding hydrogens is 228 g/mol. The van der Waals surface area contributed by atoms with Gasteiger partial charge in [0.1, 0.15) is 11.5 Å². The lowest BCUT2D eigenvalue weighted by Gasteiger charge is -2.09. The van der Waals surface area contributed by atoms with Gasteiger partial charge in [0, 0.05) is 6.07 Å². The Morgan fingerprint density at radius 1 is 0.938 bits per heavy atom. The van der Waals surface area contributed by atoms with E-state index in [1.165, 1.54) is 18.2 Å². The summed E-state index contributed by atoms with van der Waals surface area (Å²) in [6.07, 6.45) is 1.30. The minimum absolute atomic E-state index is 0.261. The molecule has 0 aliphatic carbocycles. The highest BCUT2D eigenvalue weighted by molar-refractivity contribution is 5.53. The molecule has 0 spiro atoms. The zero-order chi connectivity index (χ0) is 12.1. The third-order valence-electron chi connectivity index (χ3n) is 1.59.